The molecule has 1 aromatic heterocycles. The van der Waals surface area contributed by atoms with E-state index in [-0.39, 0.29) is 23.6 Å². The number of nitrogens with zero attached hydrogens (tertiary/aromatic N) is 3. The number of anilines is 1. The molecule has 0 fully saturated rings. The summed E-state index contributed by atoms with van der Waals surface area (Å²) in [5, 5.41) is 15.7. The number of hydrogen-bond donors (Lipinski definition) is 5. The van der Waals surface area contributed by atoms with Crippen LogP contribution in [0.25, 0.3) is 11.3 Å². The number of nitrogens with two attached hydrogens (primary N) is 2. The van der Waals surface area contributed by atoms with Crippen molar-refractivity contribution in [2.75, 3.05) is 12.4 Å². The van der Waals surface area contributed by atoms with Crippen molar-refractivity contribution in [1.29, 1.82) is 5.41 Å². The maximum Gasteiger partial charge on any atom is 0.258 e. The Kier molecular flexibility index (Phi) is 9.26. The zero-order valence-electron chi connectivity index (χ0n) is 19.2. The monoisotopic (exact) mass is 469 g/mol. The normalized spacial score (nSPS) is 12.6. The number of aliphatic imine (C=N–C) groups is 1. The number of aromatic nitrogens is 2. The van der Waals surface area contributed by atoms with Crippen LogP contribution in [0.2, 0.25) is 5.02 Å². The van der Waals surface area contributed by atoms with E-state index in [2.05, 4.69) is 25.6 Å². The first-order valence-corrected chi connectivity index (χ1v) is 10.6. The molecule has 0 aliphatic rings. The lowest BCUT2D eigenvalue weighted by atomic mass is 10.1. The summed E-state index contributed by atoms with van der Waals surface area (Å²) in [6.45, 7) is 6.30. The molecule has 0 spiro atoms. The largest absolute Gasteiger partial charge is 0.403 e. The van der Waals surface area contributed by atoms with Gasteiger partial charge in [0.05, 0.1) is 16.9 Å². The highest BCUT2D eigenvalue weighted by molar-refractivity contribution is 6.31. The van der Waals surface area contributed by atoms with E-state index in [9.17, 15) is 4.79 Å². The van der Waals surface area contributed by atoms with Crippen LogP contribution in [0.4, 0.5) is 5.95 Å². The van der Waals surface area contributed by atoms with Crippen LogP contribution >= 0.6 is 11.6 Å². The first-order chi connectivity index (χ1) is 15.7. The number of carbonyl (C=O) groups excluding carboxylic acids is 1. The minimum atomic E-state index is -0.337. The summed E-state index contributed by atoms with van der Waals surface area (Å²) in [6, 6.07) is 7.25. The average molecular weight is 470 g/mol. The summed E-state index contributed by atoms with van der Waals surface area (Å²) in [5.74, 6) is 0.0334. The highest BCUT2D eigenvalue weighted by Crippen LogP contribution is 2.25. The summed E-state index contributed by atoms with van der Waals surface area (Å²) in [7, 11) is 1.64. The quantitative estimate of drug-likeness (QED) is 0.282. The van der Waals surface area contributed by atoms with Gasteiger partial charge in [-0.1, -0.05) is 23.7 Å². The zero-order chi connectivity index (χ0) is 24.4. The van der Waals surface area contributed by atoms with Gasteiger partial charge in [0.15, 0.2) is 0 Å². The molecule has 9 nitrogen and oxygen atoms in total. The Morgan fingerprint density at radius 1 is 1.33 bits per heavy atom. The molecule has 0 aliphatic carbocycles. The summed E-state index contributed by atoms with van der Waals surface area (Å²) < 4.78 is 0. The molecule has 0 saturated carbocycles. The molecule has 0 aliphatic heterocycles. The minimum Gasteiger partial charge on any atom is -0.403 e. The van der Waals surface area contributed by atoms with E-state index in [1.165, 1.54) is 6.20 Å². The molecule has 2 rings (SSSR count). The van der Waals surface area contributed by atoms with Crippen LogP contribution in [0.1, 0.15) is 26.3 Å². The molecular weight excluding hydrogens is 440 g/mol. The molecule has 0 bridgehead atoms. The molecule has 174 valence electrons. The van der Waals surface area contributed by atoms with Crippen LogP contribution in [0.3, 0.4) is 0 Å². The number of carbonyl (C=O) groups is 1. The Labute approximate surface area is 198 Å². The SMILES string of the molecule is CN=CC(=CN)Nc1nccc(-c2ccc(CNC(=O)C(C=N)=C[NH2+]C(C)(C)C)c(Cl)c2)n1. The van der Waals surface area contributed by atoms with E-state index >= 15 is 0 Å². The summed E-state index contributed by atoms with van der Waals surface area (Å²) in [4.78, 5) is 25.0. The second-order valence-electron chi connectivity index (χ2n) is 8.19. The first kappa shape index (κ1) is 25.7. The molecular formula is C23H30ClN8O+. The fourth-order valence-electron chi connectivity index (χ4n) is 2.62. The van der Waals surface area contributed by atoms with E-state index < -0.39 is 0 Å². The summed E-state index contributed by atoms with van der Waals surface area (Å²) in [6.07, 6.45) is 7.27. The molecule has 1 heterocycles. The maximum atomic E-state index is 12.4. The van der Waals surface area contributed by atoms with Gasteiger partial charge in [-0.05, 0) is 38.5 Å². The number of nitrogens with one attached hydrogen (secondary N) is 3. The van der Waals surface area contributed by atoms with Gasteiger partial charge >= 0.3 is 0 Å². The summed E-state index contributed by atoms with van der Waals surface area (Å²) in [5.41, 5.74) is 8.53. The fourth-order valence-corrected chi connectivity index (χ4v) is 2.87. The van der Waals surface area contributed by atoms with Crippen molar-refractivity contribution >= 4 is 35.9 Å². The van der Waals surface area contributed by atoms with Crippen molar-refractivity contribution in [3.63, 3.8) is 0 Å². The number of hydrogen-bond acceptors (Lipinski definition) is 7. The van der Waals surface area contributed by atoms with Crippen LogP contribution in [0, 0.1) is 5.41 Å². The number of rotatable bonds is 9. The van der Waals surface area contributed by atoms with Gasteiger partial charge < -0.3 is 27.1 Å². The van der Waals surface area contributed by atoms with Crippen LogP contribution < -0.4 is 21.7 Å². The summed E-state index contributed by atoms with van der Waals surface area (Å²) >= 11 is 6.47. The molecule has 7 N–H and O–H groups in total. The lowest BCUT2D eigenvalue weighted by Gasteiger charge is -2.14. The van der Waals surface area contributed by atoms with Crippen LogP contribution in [0.5, 0.6) is 0 Å². The minimum absolute atomic E-state index is 0.0875. The third-order valence-corrected chi connectivity index (χ3v) is 4.68. The van der Waals surface area contributed by atoms with Crippen molar-refractivity contribution in [1.82, 2.24) is 15.3 Å². The topological polar surface area (TPSA) is 146 Å². The molecule has 0 saturated heterocycles. The molecule has 1 aromatic carbocycles. The van der Waals surface area contributed by atoms with Crippen molar-refractivity contribution in [2.24, 2.45) is 10.7 Å². The van der Waals surface area contributed by atoms with Crippen molar-refractivity contribution < 1.29 is 10.1 Å². The van der Waals surface area contributed by atoms with Gasteiger partial charge in [-0.15, -0.1) is 0 Å². The first-order valence-electron chi connectivity index (χ1n) is 10.2. The maximum absolute atomic E-state index is 12.4. The number of halogens is 1. The zero-order valence-corrected chi connectivity index (χ0v) is 19.9. The second-order valence-corrected chi connectivity index (χ2v) is 8.59. The van der Waals surface area contributed by atoms with E-state index in [0.717, 1.165) is 17.3 Å². The van der Waals surface area contributed by atoms with Gasteiger partial charge in [0.25, 0.3) is 5.91 Å². The molecule has 33 heavy (non-hydrogen) atoms. The Balaban J connectivity index is 2.12. The van der Waals surface area contributed by atoms with Gasteiger partial charge in [0, 0.05) is 49.0 Å². The highest BCUT2D eigenvalue weighted by atomic mass is 35.5. The Bertz CT molecular complexity index is 1090. The van der Waals surface area contributed by atoms with Gasteiger partial charge in [0.2, 0.25) is 5.95 Å². The predicted octanol–water partition coefficient (Wildman–Crippen LogP) is 2.22. The van der Waals surface area contributed by atoms with E-state index in [1.807, 2.05) is 38.2 Å². The van der Waals surface area contributed by atoms with Gasteiger partial charge in [-0.25, -0.2) is 9.97 Å². The molecule has 2 aromatic rings. The van der Waals surface area contributed by atoms with E-state index in [0.29, 0.717) is 22.4 Å². The third-order valence-electron chi connectivity index (χ3n) is 4.33. The lowest BCUT2D eigenvalue weighted by Crippen LogP contribution is -2.89. The van der Waals surface area contributed by atoms with E-state index in [4.69, 9.17) is 22.7 Å². The fraction of sp³-hybridized carbons (Fsp3) is 0.261. The molecule has 0 radical (unpaired) electrons. The molecule has 0 unspecified atom stereocenters. The Morgan fingerprint density at radius 2 is 2.09 bits per heavy atom. The van der Waals surface area contributed by atoms with Crippen molar-refractivity contribution in [2.45, 2.75) is 32.9 Å². The van der Waals surface area contributed by atoms with Crippen LogP contribution in [-0.2, 0) is 11.3 Å². The van der Waals surface area contributed by atoms with Gasteiger partial charge in [-0.2, -0.15) is 0 Å². The van der Waals surface area contributed by atoms with Crippen LogP contribution in [-0.4, -0.2) is 40.9 Å². The van der Waals surface area contributed by atoms with Crippen LogP contribution in [0.15, 0.2) is 59.1 Å². The molecule has 1 amide bonds. The predicted molar refractivity (Wildman–Crippen MR) is 133 cm³/mol. The number of benzene rings is 1. The smallest absolute Gasteiger partial charge is 0.258 e. The highest BCUT2D eigenvalue weighted by Gasteiger charge is 2.15. The second kappa shape index (κ2) is 11.9. The van der Waals surface area contributed by atoms with Crippen molar-refractivity contribution in [3.05, 3.63) is 64.7 Å². The lowest BCUT2D eigenvalue weighted by molar-refractivity contribution is -0.657. The molecule has 10 heteroatoms. The number of amides is 1. The van der Waals surface area contributed by atoms with Gasteiger partial charge in [-0.3, -0.25) is 9.79 Å². The third kappa shape index (κ3) is 8.13. The Hall–Kier alpha value is -3.56. The number of allylic oxidation sites excluding steroid dienone is 1. The Morgan fingerprint density at radius 3 is 2.70 bits per heavy atom. The number of quaternary nitrogens is 1. The van der Waals surface area contributed by atoms with Crippen molar-refractivity contribution in [3.8, 4) is 11.3 Å². The average Bonchev–Trinajstić information content (AvgIpc) is 2.77. The standard InChI is InChI=1S/C23H29ClN8O/c1-23(2,3)30-13-17(10-25)21(33)29-12-16-6-5-15(9-19(16)24)20-7-8-28-22(32-20)31-18(11-26)14-27-4/h5-11,13-14,25,30H,12,26H2,1-4H3,(H,29,33)(H,28,31,32)/p+1. The molecule has 0 atom stereocenters. The van der Waals surface area contributed by atoms with E-state index in [1.54, 1.807) is 37.8 Å². The van der Waals surface area contributed by atoms with Gasteiger partial charge in [0.1, 0.15) is 11.8 Å².